The van der Waals surface area contributed by atoms with Gasteiger partial charge in [-0.3, -0.25) is 0 Å². The van der Waals surface area contributed by atoms with E-state index in [9.17, 15) is 0 Å². The zero-order chi connectivity index (χ0) is 12.5. The van der Waals surface area contributed by atoms with E-state index in [4.69, 9.17) is 19.9 Å². The van der Waals surface area contributed by atoms with Gasteiger partial charge in [0.1, 0.15) is 24.7 Å². The molecule has 1 rings (SSSR count). The first-order valence-electron chi connectivity index (χ1n) is 5.93. The molecule has 0 amide bonds. The van der Waals surface area contributed by atoms with Gasteiger partial charge in [0.25, 0.3) is 0 Å². The molecule has 0 spiro atoms. The van der Waals surface area contributed by atoms with Crippen molar-refractivity contribution in [3.63, 3.8) is 0 Å². The minimum atomic E-state index is 0.0913. The van der Waals surface area contributed by atoms with Crippen LogP contribution in [0.3, 0.4) is 0 Å². The zero-order valence-electron chi connectivity index (χ0n) is 10.5. The monoisotopic (exact) mass is 239 g/mol. The van der Waals surface area contributed by atoms with E-state index in [1.54, 1.807) is 0 Å². The third-order valence-electron chi connectivity index (χ3n) is 2.13. The fourth-order valence-corrected chi connectivity index (χ4v) is 1.38. The molecule has 1 unspecified atom stereocenters. The smallest absolute Gasteiger partial charge is 0.123 e. The molecular weight excluding hydrogens is 218 g/mol. The van der Waals surface area contributed by atoms with Gasteiger partial charge in [-0.05, 0) is 26.0 Å². The lowest BCUT2D eigenvalue weighted by molar-refractivity contribution is 0.0401. The number of benzene rings is 1. The molecule has 0 aromatic heterocycles. The van der Waals surface area contributed by atoms with Crippen molar-refractivity contribution in [3.8, 4) is 11.5 Å². The molecular formula is C13H21NO3. The van der Waals surface area contributed by atoms with Crippen molar-refractivity contribution in [2.45, 2.75) is 20.0 Å². The Kier molecular flexibility index (Phi) is 6.43. The van der Waals surface area contributed by atoms with Gasteiger partial charge in [0, 0.05) is 19.2 Å². The van der Waals surface area contributed by atoms with E-state index < -0.39 is 0 Å². The largest absolute Gasteiger partial charge is 0.492 e. The SMILES string of the molecule is CCOC(C)COc1cccc(OCCN)c1. The summed E-state index contributed by atoms with van der Waals surface area (Å²) < 4.78 is 16.4. The minimum Gasteiger partial charge on any atom is -0.492 e. The summed E-state index contributed by atoms with van der Waals surface area (Å²) in [5.41, 5.74) is 5.37. The van der Waals surface area contributed by atoms with Crippen LogP contribution in [0.15, 0.2) is 24.3 Å². The van der Waals surface area contributed by atoms with Gasteiger partial charge in [-0.2, -0.15) is 0 Å². The molecule has 4 heteroatoms. The van der Waals surface area contributed by atoms with Crippen molar-refractivity contribution in [3.05, 3.63) is 24.3 Å². The molecule has 1 atom stereocenters. The average molecular weight is 239 g/mol. The van der Waals surface area contributed by atoms with E-state index >= 15 is 0 Å². The molecule has 0 fully saturated rings. The topological polar surface area (TPSA) is 53.7 Å². The average Bonchev–Trinajstić information content (AvgIpc) is 2.35. The summed E-state index contributed by atoms with van der Waals surface area (Å²) in [7, 11) is 0. The van der Waals surface area contributed by atoms with Gasteiger partial charge < -0.3 is 19.9 Å². The maximum absolute atomic E-state index is 5.60. The van der Waals surface area contributed by atoms with Crippen LogP contribution in [0, 0.1) is 0 Å². The van der Waals surface area contributed by atoms with E-state index in [0.717, 1.165) is 11.5 Å². The Bertz CT molecular complexity index is 317. The standard InChI is InChI=1S/C13H21NO3/c1-3-15-11(2)10-17-13-6-4-5-12(9-13)16-8-7-14/h4-6,9,11H,3,7-8,10,14H2,1-2H3. The van der Waals surface area contributed by atoms with Crippen molar-refractivity contribution in [1.82, 2.24) is 0 Å². The normalized spacial score (nSPS) is 12.2. The quantitative estimate of drug-likeness (QED) is 0.752. The fraction of sp³-hybridized carbons (Fsp3) is 0.538. The van der Waals surface area contributed by atoms with Crippen LogP contribution < -0.4 is 15.2 Å². The molecule has 0 bridgehead atoms. The highest BCUT2D eigenvalue weighted by atomic mass is 16.5. The Morgan fingerprint density at radius 3 is 2.59 bits per heavy atom. The van der Waals surface area contributed by atoms with Crippen LogP contribution in [0.25, 0.3) is 0 Å². The molecule has 4 nitrogen and oxygen atoms in total. The van der Waals surface area contributed by atoms with Gasteiger partial charge in [-0.25, -0.2) is 0 Å². The van der Waals surface area contributed by atoms with Crippen LogP contribution in [0.1, 0.15) is 13.8 Å². The third kappa shape index (κ3) is 5.56. The second-order valence-electron chi connectivity index (χ2n) is 3.69. The second kappa shape index (κ2) is 7.92. The van der Waals surface area contributed by atoms with E-state index in [0.29, 0.717) is 26.4 Å². The summed E-state index contributed by atoms with van der Waals surface area (Å²) in [6.07, 6.45) is 0.0913. The Labute approximate surface area is 103 Å². The molecule has 0 aliphatic heterocycles. The van der Waals surface area contributed by atoms with Crippen molar-refractivity contribution in [2.75, 3.05) is 26.4 Å². The van der Waals surface area contributed by atoms with Crippen LogP contribution in [-0.4, -0.2) is 32.5 Å². The van der Waals surface area contributed by atoms with Crippen LogP contribution in [0.2, 0.25) is 0 Å². The number of hydrogen-bond donors (Lipinski definition) is 1. The Morgan fingerprint density at radius 1 is 1.24 bits per heavy atom. The van der Waals surface area contributed by atoms with E-state index in [2.05, 4.69) is 0 Å². The summed E-state index contributed by atoms with van der Waals surface area (Å²) in [6.45, 7) is 6.21. The van der Waals surface area contributed by atoms with Gasteiger partial charge in [-0.1, -0.05) is 6.07 Å². The molecule has 1 aromatic rings. The second-order valence-corrected chi connectivity index (χ2v) is 3.69. The third-order valence-corrected chi connectivity index (χ3v) is 2.13. The Balaban J connectivity index is 2.42. The molecule has 17 heavy (non-hydrogen) atoms. The number of rotatable bonds is 8. The zero-order valence-corrected chi connectivity index (χ0v) is 10.5. The van der Waals surface area contributed by atoms with Crippen LogP contribution in [0.5, 0.6) is 11.5 Å². The summed E-state index contributed by atoms with van der Waals surface area (Å²) in [5.74, 6) is 1.56. The highest BCUT2D eigenvalue weighted by Gasteiger charge is 2.03. The van der Waals surface area contributed by atoms with Gasteiger partial charge in [0.15, 0.2) is 0 Å². The molecule has 0 saturated heterocycles. The van der Waals surface area contributed by atoms with Crippen molar-refractivity contribution in [2.24, 2.45) is 5.73 Å². The van der Waals surface area contributed by atoms with Crippen molar-refractivity contribution >= 4 is 0 Å². The predicted octanol–water partition coefficient (Wildman–Crippen LogP) is 1.83. The van der Waals surface area contributed by atoms with Gasteiger partial charge in [0.05, 0.1) is 6.10 Å². The number of ether oxygens (including phenoxy) is 3. The molecule has 96 valence electrons. The summed E-state index contributed by atoms with van der Waals surface area (Å²) in [6, 6.07) is 7.53. The van der Waals surface area contributed by atoms with Crippen LogP contribution in [0.4, 0.5) is 0 Å². The molecule has 0 heterocycles. The fourth-order valence-electron chi connectivity index (χ4n) is 1.38. The lowest BCUT2D eigenvalue weighted by Gasteiger charge is -2.13. The van der Waals surface area contributed by atoms with Gasteiger partial charge in [-0.15, -0.1) is 0 Å². The van der Waals surface area contributed by atoms with Gasteiger partial charge >= 0.3 is 0 Å². The molecule has 1 aromatic carbocycles. The molecule has 0 aliphatic rings. The number of nitrogens with two attached hydrogens (primary N) is 1. The summed E-state index contributed by atoms with van der Waals surface area (Å²) >= 11 is 0. The minimum absolute atomic E-state index is 0.0913. The summed E-state index contributed by atoms with van der Waals surface area (Å²) in [4.78, 5) is 0. The van der Waals surface area contributed by atoms with Gasteiger partial charge in [0.2, 0.25) is 0 Å². The lowest BCUT2D eigenvalue weighted by Crippen LogP contribution is -2.17. The highest BCUT2D eigenvalue weighted by Crippen LogP contribution is 2.19. The van der Waals surface area contributed by atoms with E-state index in [-0.39, 0.29) is 6.10 Å². The molecule has 2 N–H and O–H groups in total. The molecule has 0 aliphatic carbocycles. The Morgan fingerprint density at radius 2 is 1.94 bits per heavy atom. The predicted molar refractivity (Wildman–Crippen MR) is 67.6 cm³/mol. The highest BCUT2D eigenvalue weighted by molar-refractivity contribution is 5.32. The van der Waals surface area contributed by atoms with Crippen LogP contribution in [-0.2, 0) is 4.74 Å². The van der Waals surface area contributed by atoms with Crippen molar-refractivity contribution < 1.29 is 14.2 Å². The van der Waals surface area contributed by atoms with E-state index in [1.807, 2.05) is 38.1 Å². The Hall–Kier alpha value is -1.26. The first kappa shape index (κ1) is 13.8. The molecule has 0 saturated carbocycles. The summed E-state index contributed by atoms with van der Waals surface area (Å²) in [5, 5.41) is 0. The van der Waals surface area contributed by atoms with E-state index in [1.165, 1.54) is 0 Å². The van der Waals surface area contributed by atoms with Crippen molar-refractivity contribution in [1.29, 1.82) is 0 Å². The molecule has 0 radical (unpaired) electrons. The number of hydrogen-bond acceptors (Lipinski definition) is 4. The van der Waals surface area contributed by atoms with Crippen LogP contribution >= 0.6 is 0 Å². The maximum Gasteiger partial charge on any atom is 0.123 e. The maximum atomic E-state index is 5.60. The lowest BCUT2D eigenvalue weighted by atomic mass is 10.3. The first-order valence-corrected chi connectivity index (χ1v) is 5.93. The first-order chi connectivity index (χ1) is 8.26.